The Kier molecular flexibility index (Phi) is 1.98. The summed E-state index contributed by atoms with van der Waals surface area (Å²) in [7, 11) is 0. The lowest BCUT2D eigenvalue weighted by Gasteiger charge is -2.05. The molecule has 68 valence electrons. The zero-order valence-corrected chi connectivity index (χ0v) is 7.16. The largest absolute Gasteiger partial charge is 0.320 e. The Morgan fingerprint density at radius 1 is 1.62 bits per heavy atom. The number of pyridine rings is 1. The van der Waals surface area contributed by atoms with Gasteiger partial charge in [-0.3, -0.25) is 4.79 Å². The summed E-state index contributed by atoms with van der Waals surface area (Å²) in [4.78, 5) is 15.4. The van der Waals surface area contributed by atoms with Crippen LogP contribution in [0.2, 0.25) is 0 Å². The maximum Gasteiger partial charge on any atom is 0.242 e. The summed E-state index contributed by atoms with van der Waals surface area (Å²) in [6.07, 6.45) is 3.16. The van der Waals surface area contributed by atoms with E-state index in [0.29, 0.717) is 12.2 Å². The molecule has 2 heterocycles. The number of carbonyl (C=O) groups excluding carboxylic acids is 1. The van der Waals surface area contributed by atoms with Crippen molar-refractivity contribution in [3.8, 4) is 0 Å². The topological polar surface area (TPSA) is 68.0 Å². The Bertz CT molecular complexity index is 337. The van der Waals surface area contributed by atoms with Gasteiger partial charge in [-0.25, -0.2) is 4.98 Å². The molecule has 13 heavy (non-hydrogen) atoms. The molecule has 1 aliphatic rings. The minimum Gasteiger partial charge on any atom is -0.320 e. The predicted octanol–water partition coefficient (Wildman–Crippen LogP) is 0.294. The molecule has 1 aromatic heterocycles. The van der Waals surface area contributed by atoms with E-state index in [-0.39, 0.29) is 5.91 Å². The van der Waals surface area contributed by atoms with Crippen LogP contribution in [0.3, 0.4) is 0 Å². The summed E-state index contributed by atoms with van der Waals surface area (Å²) in [6, 6.07) is 3.41. The number of nitrogens with two attached hydrogens (primary N) is 1. The number of anilines is 1. The molecular weight excluding hydrogens is 166 g/mol. The number of rotatable bonds is 0. The molecule has 0 fully saturated rings. The van der Waals surface area contributed by atoms with Gasteiger partial charge in [-0.15, -0.1) is 0 Å². The fraction of sp³-hybridized carbons (Fsp3) is 0.333. The van der Waals surface area contributed by atoms with Crippen molar-refractivity contribution in [2.45, 2.75) is 18.9 Å². The molecule has 0 bridgehead atoms. The first-order valence-corrected chi connectivity index (χ1v) is 4.28. The molecule has 1 atom stereocenters. The Labute approximate surface area is 76.2 Å². The predicted molar refractivity (Wildman–Crippen MR) is 49.2 cm³/mol. The number of hydrogen-bond donors (Lipinski definition) is 2. The number of fused-ring (bicyclic) bond motifs is 1. The normalized spacial score (nSPS) is 21.6. The second-order valence-electron chi connectivity index (χ2n) is 3.15. The second kappa shape index (κ2) is 3.14. The highest BCUT2D eigenvalue weighted by Gasteiger charge is 2.19. The fourth-order valence-corrected chi connectivity index (χ4v) is 1.40. The Hall–Kier alpha value is -1.42. The van der Waals surface area contributed by atoms with Crippen molar-refractivity contribution in [1.29, 1.82) is 0 Å². The van der Waals surface area contributed by atoms with Crippen molar-refractivity contribution in [3.05, 3.63) is 23.9 Å². The maximum absolute atomic E-state index is 11.3. The molecule has 1 aliphatic heterocycles. The van der Waals surface area contributed by atoms with E-state index in [1.807, 2.05) is 12.1 Å². The minimum atomic E-state index is -0.408. The van der Waals surface area contributed by atoms with Gasteiger partial charge < -0.3 is 11.1 Å². The van der Waals surface area contributed by atoms with Gasteiger partial charge in [0.25, 0.3) is 0 Å². The maximum atomic E-state index is 11.3. The molecule has 0 saturated heterocycles. The number of nitrogens with one attached hydrogen (secondary N) is 1. The lowest BCUT2D eigenvalue weighted by Crippen LogP contribution is -2.34. The number of hydrogen-bond acceptors (Lipinski definition) is 3. The molecule has 1 unspecified atom stereocenters. The van der Waals surface area contributed by atoms with Crippen LogP contribution in [0.25, 0.3) is 0 Å². The third-order valence-corrected chi connectivity index (χ3v) is 2.19. The highest BCUT2D eigenvalue weighted by atomic mass is 16.2. The van der Waals surface area contributed by atoms with Crippen LogP contribution < -0.4 is 11.1 Å². The number of nitrogens with zero attached hydrogens (tertiary/aromatic N) is 1. The monoisotopic (exact) mass is 177 g/mol. The fourth-order valence-electron chi connectivity index (χ4n) is 1.40. The van der Waals surface area contributed by atoms with Crippen molar-refractivity contribution >= 4 is 11.7 Å². The van der Waals surface area contributed by atoms with Crippen molar-refractivity contribution < 1.29 is 4.79 Å². The molecule has 0 spiro atoms. The van der Waals surface area contributed by atoms with E-state index in [9.17, 15) is 4.79 Å². The quantitative estimate of drug-likeness (QED) is 0.598. The first kappa shape index (κ1) is 8.19. The molecular formula is C9H11N3O. The smallest absolute Gasteiger partial charge is 0.242 e. The molecule has 0 saturated carbocycles. The van der Waals surface area contributed by atoms with Gasteiger partial charge >= 0.3 is 0 Å². The van der Waals surface area contributed by atoms with Crippen molar-refractivity contribution in [2.75, 3.05) is 5.32 Å². The van der Waals surface area contributed by atoms with Crippen LogP contribution in [0.15, 0.2) is 18.3 Å². The standard InChI is InChI=1S/C9H11N3O/c10-7-4-3-6-2-1-5-11-8(6)12-9(7)13/h1-2,5,7H,3-4,10H2,(H,11,12,13). The molecule has 1 aromatic rings. The number of carbonyl (C=O) groups is 1. The van der Waals surface area contributed by atoms with Gasteiger partial charge in [0, 0.05) is 6.20 Å². The minimum absolute atomic E-state index is 0.141. The van der Waals surface area contributed by atoms with Gasteiger partial charge in [0.05, 0.1) is 6.04 Å². The zero-order valence-electron chi connectivity index (χ0n) is 7.16. The molecule has 0 aliphatic carbocycles. The summed E-state index contributed by atoms with van der Waals surface area (Å²) in [5.41, 5.74) is 6.68. The van der Waals surface area contributed by atoms with Gasteiger partial charge in [0.1, 0.15) is 5.82 Å². The third kappa shape index (κ3) is 1.53. The number of amides is 1. The van der Waals surface area contributed by atoms with E-state index < -0.39 is 6.04 Å². The summed E-state index contributed by atoms with van der Waals surface area (Å²) in [5, 5.41) is 2.70. The van der Waals surface area contributed by atoms with E-state index in [1.54, 1.807) is 6.20 Å². The van der Waals surface area contributed by atoms with Gasteiger partial charge in [-0.1, -0.05) is 6.07 Å². The van der Waals surface area contributed by atoms with E-state index >= 15 is 0 Å². The molecule has 1 amide bonds. The first-order valence-electron chi connectivity index (χ1n) is 4.28. The van der Waals surface area contributed by atoms with Gasteiger partial charge in [-0.05, 0) is 24.5 Å². The van der Waals surface area contributed by atoms with Gasteiger partial charge in [0.15, 0.2) is 0 Å². The summed E-state index contributed by atoms with van der Waals surface area (Å²) in [5.74, 6) is 0.512. The summed E-state index contributed by atoms with van der Waals surface area (Å²) >= 11 is 0. The molecule has 0 radical (unpaired) electrons. The average Bonchev–Trinajstić information content (AvgIpc) is 2.28. The lowest BCUT2D eigenvalue weighted by molar-refractivity contribution is -0.117. The van der Waals surface area contributed by atoms with Crippen LogP contribution >= 0.6 is 0 Å². The van der Waals surface area contributed by atoms with E-state index in [0.717, 1.165) is 12.0 Å². The first-order chi connectivity index (χ1) is 6.27. The molecule has 3 N–H and O–H groups in total. The second-order valence-corrected chi connectivity index (χ2v) is 3.15. The Balaban J connectivity index is 2.35. The van der Waals surface area contributed by atoms with Gasteiger partial charge in [-0.2, -0.15) is 0 Å². The van der Waals surface area contributed by atoms with Crippen molar-refractivity contribution in [1.82, 2.24) is 4.98 Å². The van der Waals surface area contributed by atoms with Crippen LogP contribution in [-0.2, 0) is 11.2 Å². The van der Waals surface area contributed by atoms with E-state index in [2.05, 4.69) is 10.3 Å². The van der Waals surface area contributed by atoms with Crippen molar-refractivity contribution in [2.24, 2.45) is 5.73 Å². The molecule has 4 nitrogen and oxygen atoms in total. The van der Waals surface area contributed by atoms with Gasteiger partial charge in [0.2, 0.25) is 5.91 Å². The summed E-state index contributed by atoms with van der Waals surface area (Å²) in [6.45, 7) is 0. The highest BCUT2D eigenvalue weighted by Crippen LogP contribution is 2.17. The van der Waals surface area contributed by atoms with Crippen LogP contribution in [0, 0.1) is 0 Å². The van der Waals surface area contributed by atoms with Crippen LogP contribution in [0.5, 0.6) is 0 Å². The Morgan fingerprint density at radius 2 is 2.46 bits per heavy atom. The molecule has 4 heteroatoms. The molecule has 2 rings (SSSR count). The summed E-state index contributed by atoms with van der Waals surface area (Å²) < 4.78 is 0. The SMILES string of the molecule is NC1CCc2cccnc2NC1=O. The highest BCUT2D eigenvalue weighted by molar-refractivity contribution is 5.95. The lowest BCUT2D eigenvalue weighted by atomic mass is 10.1. The van der Waals surface area contributed by atoms with Crippen molar-refractivity contribution in [3.63, 3.8) is 0 Å². The van der Waals surface area contributed by atoms with E-state index in [4.69, 9.17) is 5.73 Å². The number of aromatic nitrogens is 1. The van der Waals surface area contributed by atoms with Crippen LogP contribution in [-0.4, -0.2) is 16.9 Å². The zero-order chi connectivity index (χ0) is 9.26. The Morgan fingerprint density at radius 3 is 3.31 bits per heavy atom. The third-order valence-electron chi connectivity index (χ3n) is 2.19. The number of aryl methyl sites for hydroxylation is 1. The average molecular weight is 177 g/mol. The molecule has 0 aromatic carbocycles. The van der Waals surface area contributed by atoms with E-state index in [1.165, 1.54) is 0 Å². The van der Waals surface area contributed by atoms with Crippen LogP contribution in [0.4, 0.5) is 5.82 Å². The van der Waals surface area contributed by atoms with Crippen LogP contribution in [0.1, 0.15) is 12.0 Å².